The lowest BCUT2D eigenvalue weighted by molar-refractivity contribution is -0.385. The zero-order valence-electron chi connectivity index (χ0n) is 10.5. The molecule has 0 aliphatic rings. The molecule has 7 heteroatoms. The largest absolute Gasteiger partial charge is 0.449 e. The van der Waals surface area contributed by atoms with Gasteiger partial charge in [0.2, 0.25) is 5.75 Å². The van der Waals surface area contributed by atoms with E-state index in [1.54, 1.807) is 18.2 Å². The second-order valence-electron chi connectivity index (χ2n) is 4.05. The standard InChI is InChI=1S/C14H8Cl2N2O3/c15-7-9-1-3-13(11(16)5-9)21-14-4-2-10(8-17)6-12(14)18(19)20/h1-6H,7H2. The summed E-state index contributed by atoms with van der Waals surface area (Å²) >= 11 is 11.7. The summed E-state index contributed by atoms with van der Waals surface area (Å²) in [5, 5.41) is 20.1. The molecule has 0 saturated carbocycles. The molecule has 0 N–H and O–H groups in total. The van der Waals surface area contributed by atoms with Crippen molar-refractivity contribution in [3.8, 4) is 17.6 Å². The molecule has 0 fully saturated rings. The molecule has 0 aliphatic heterocycles. The van der Waals surface area contributed by atoms with Crippen LogP contribution in [0.4, 0.5) is 5.69 Å². The van der Waals surface area contributed by atoms with Crippen LogP contribution in [0.15, 0.2) is 36.4 Å². The minimum Gasteiger partial charge on any atom is -0.449 e. The Morgan fingerprint density at radius 2 is 1.95 bits per heavy atom. The van der Waals surface area contributed by atoms with Gasteiger partial charge in [-0.1, -0.05) is 17.7 Å². The lowest BCUT2D eigenvalue weighted by Crippen LogP contribution is -1.95. The number of hydrogen-bond donors (Lipinski definition) is 0. The van der Waals surface area contributed by atoms with Crippen molar-refractivity contribution in [2.75, 3.05) is 0 Å². The van der Waals surface area contributed by atoms with E-state index in [-0.39, 0.29) is 22.7 Å². The Hall–Kier alpha value is -2.29. The van der Waals surface area contributed by atoms with E-state index < -0.39 is 4.92 Å². The zero-order valence-corrected chi connectivity index (χ0v) is 12.1. The Kier molecular flexibility index (Phi) is 4.63. The molecule has 0 aliphatic carbocycles. The molecule has 0 amide bonds. The average molecular weight is 323 g/mol. The van der Waals surface area contributed by atoms with Gasteiger partial charge in [0.15, 0.2) is 0 Å². The Bertz CT molecular complexity index is 741. The molecule has 2 rings (SSSR count). The minimum atomic E-state index is -0.614. The van der Waals surface area contributed by atoms with Crippen LogP contribution in [0.2, 0.25) is 5.02 Å². The van der Waals surface area contributed by atoms with Crippen molar-refractivity contribution in [2.24, 2.45) is 0 Å². The van der Waals surface area contributed by atoms with E-state index in [2.05, 4.69) is 0 Å². The van der Waals surface area contributed by atoms with Gasteiger partial charge in [-0.2, -0.15) is 5.26 Å². The third kappa shape index (κ3) is 3.43. The van der Waals surface area contributed by atoms with E-state index in [4.69, 9.17) is 33.2 Å². The van der Waals surface area contributed by atoms with Crippen molar-refractivity contribution in [3.05, 3.63) is 62.7 Å². The summed E-state index contributed by atoms with van der Waals surface area (Å²) in [6.45, 7) is 0. The summed E-state index contributed by atoms with van der Waals surface area (Å²) in [6.07, 6.45) is 0. The zero-order chi connectivity index (χ0) is 15.4. The SMILES string of the molecule is N#Cc1ccc(Oc2ccc(CCl)cc2Cl)c([N+](=O)[O-])c1. The molecule has 2 aromatic rings. The molecule has 0 bridgehead atoms. The molecule has 0 unspecified atom stereocenters. The molecule has 106 valence electrons. The minimum absolute atomic E-state index is 0.0134. The Labute approximate surface area is 130 Å². The Morgan fingerprint density at radius 3 is 2.52 bits per heavy atom. The highest BCUT2D eigenvalue weighted by Crippen LogP contribution is 2.35. The van der Waals surface area contributed by atoms with Crippen LogP contribution in [0, 0.1) is 21.4 Å². The molecular weight excluding hydrogens is 315 g/mol. The molecule has 0 aromatic heterocycles. The van der Waals surface area contributed by atoms with E-state index in [1.807, 2.05) is 6.07 Å². The molecule has 0 atom stereocenters. The van der Waals surface area contributed by atoms with Gasteiger partial charge in [-0.3, -0.25) is 10.1 Å². The highest BCUT2D eigenvalue weighted by molar-refractivity contribution is 6.32. The van der Waals surface area contributed by atoms with E-state index in [9.17, 15) is 10.1 Å². The van der Waals surface area contributed by atoms with Crippen molar-refractivity contribution in [1.82, 2.24) is 0 Å². The van der Waals surface area contributed by atoms with Crippen LogP contribution in [0.5, 0.6) is 11.5 Å². The molecule has 2 aromatic carbocycles. The maximum atomic E-state index is 11.0. The van der Waals surface area contributed by atoms with Crippen molar-refractivity contribution in [1.29, 1.82) is 5.26 Å². The predicted molar refractivity (Wildman–Crippen MR) is 78.9 cm³/mol. The lowest BCUT2D eigenvalue weighted by Gasteiger charge is -2.09. The summed E-state index contributed by atoms with van der Waals surface area (Å²) in [5.41, 5.74) is 0.688. The highest BCUT2D eigenvalue weighted by Gasteiger charge is 2.18. The normalized spacial score (nSPS) is 9.95. The first-order valence-corrected chi connectivity index (χ1v) is 6.67. The van der Waals surface area contributed by atoms with Crippen molar-refractivity contribution in [2.45, 2.75) is 5.88 Å². The van der Waals surface area contributed by atoms with E-state index in [1.165, 1.54) is 12.1 Å². The number of benzene rings is 2. The Balaban J connectivity index is 2.40. The monoisotopic (exact) mass is 322 g/mol. The quantitative estimate of drug-likeness (QED) is 0.466. The fraction of sp³-hybridized carbons (Fsp3) is 0.0714. The summed E-state index contributed by atoms with van der Waals surface area (Å²) in [7, 11) is 0. The van der Waals surface area contributed by atoms with Gasteiger partial charge in [0.1, 0.15) is 5.75 Å². The van der Waals surface area contributed by atoms with Crippen LogP contribution in [0.3, 0.4) is 0 Å². The van der Waals surface area contributed by atoms with Crippen LogP contribution in [-0.4, -0.2) is 4.92 Å². The first-order valence-electron chi connectivity index (χ1n) is 5.76. The summed E-state index contributed by atoms with van der Waals surface area (Å²) in [6, 6.07) is 10.7. The number of nitrogens with zero attached hydrogens (tertiary/aromatic N) is 2. The van der Waals surface area contributed by atoms with E-state index >= 15 is 0 Å². The van der Waals surface area contributed by atoms with E-state index in [0.29, 0.717) is 10.9 Å². The van der Waals surface area contributed by atoms with Crippen molar-refractivity contribution in [3.63, 3.8) is 0 Å². The third-order valence-electron chi connectivity index (χ3n) is 2.66. The third-order valence-corrected chi connectivity index (χ3v) is 3.26. The lowest BCUT2D eigenvalue weighted by atomic mass is 10.2. The van der Waals surface area contributed by atoms with Crippen LogP contribution in [0.25, 0.3) is 0 Å². The van der Waals surface area contributed by atoms with Crippen molar-refractivity contribution >= 4 is 28.9 Å². The van der Waals surface area contributed by atoms with E-state index in [0.717, 1.165) is 11.6 Å². The van der Waals surface area contributed by atoms with Crippen LogP contribution < -0.4 is 4.74 Å². The number of hydrogen-bond acceptors (Lipinski definition) is 4. The van der Waals surface area contributed by atoms with Crippen LogP contribution in [0.1, 0.15) is 11.1 Å². The second kappa shape index (κ2) is 6.44. The molecular formula is C14H8Cl2N2O3. The predicted octanol–water partition coefficient (Wildman–Crippen LogP) is 4.65. The second-order valence-corrected chi connectivity index (χ2v) is 4.73. The van der Waals surface area contributed by atoms with Gasteiger partial charge < -0.3 is 4.74 Å². The number of nitro benzene ring substituents is 1. The first kappa shape index (κ1) is 15.1. The highest BCUT2D eigenvalue weighted by atomic mass is 35.5. The number of alkyl halides is 1. The summed E-state index contributed by atoms with van der Waals surface area (Å²) in [4.78, 5) is 10.4. The first-order chi connectivity index (χ1) is 10.0. The molecule has 0 heterocycles. The fourth-order valence-electron chi connectivity index (χ4n) is 1.64. The fourth-order valence-corrected chi connectivity index (χ4v) is 2.05. The van der Waals surface area contributed by atoms with Gasteiger partial charge in [0.05, 0.1) is 21.6 Å². The molecule has 5 nitrogen and oxygen atoms in total. The number of nitro groups is 1. The smallest absolute Gasteiger partial charge is 0.312 e. The summed E-state index contributed by atoms with van der Waals surface area (Å²) in [5.74, 6) is 0.592. The number of ether oxygens (including phenoxy) is 1. The summed E-state index contributed by atoms with van der Waals surface area (Å²) < 4.78 is 5.47. The molecule has 0 radical (unpaired) electrons. The van der Waals surface area contributed by atoms with Gasteiger partial charge >= 0.3 is 5.69 Å². The van der Waals surface area contributed by atoms with Crippen LogP contribution in [-0.2, 0) is 5.88 Å². The number of nitriles is 1. The number of halogens is 2. The van der Waals surface area contributed by atoms with Gasteiger partial charge in [0, 0.05) is 11.9 Å². The topological polar surface area (TPSA) is 76.2 Å². The van der Waals surface area contributed by atoms with Crippen LogP contribution >= 0.6 is 23.2 Å². The maximum Gasteiger partial charge on any atom is 0.312 e. The number of rotatable bonds is 4. The molecule has 0 saturated heterocycles. The van der Waals surface area contributed by atoms with Gasteiger partial charge in [-0.25, -0.2) is 0 Å². The van der Waals surface area contributed by atoms with Crippen molar-refractivity contribution < 1.29 is 9.66 Å². The maximum absolute atomic E-state index is 11.0. The van der Waals surface area contributed by atoms with Gasteiger partial charge in [-0.05, 0) is 29.8 Å². The Morgan fingerprint density at radius 1 is 1.24 bits per heavy atom. The average Bonchev–Trinajstić information content (AvgIpc) is 2.49. The van der Waals surface area contributed by atoms with Gasteiger partial charge in [0.25, 0.3) is 0 Å². The molecule has 0 spiro atoms. The van der Waals surface area contributed by atoms with Gasteiger partial charge in [-0.15, -0.1) is 11.6 Å². The molecule has 21 heavy (non-hydrogen) atoms.